The number of hydrogen-bond acceptors (Lipinski definition) is 3. The van der Waals surface area contributed by atoms with Gasteiger partial charge < -0.3 is 4.90 Å². The Kier molecular flexibility index (Phi) is 4.69. The summed E-state index contributed by atoms with van der Waals surface area (Å²) in [4.78, 5) is 13.1. The highest BCUT2D eigenvalue weighted by molar-refractivity contribution is 6.32. The van der Waals surface area contributed by atoms with Crippen LogP contribution in [0.2, 0.25) is 0 Å². The van der Waals surface area contributed by atoms with Gasteiger partial charge in [-0.25, -0.2) is 9.97 Å². The molecule has 0 aliphatic carbocycles. The first-order valence-corrected chi connectivity index (χ1v) is 15.0. The summed E-state index contributed by atoms with van der Waals surface area (Å²) in [6, 6.07) is 51.6. The van der Waals surface area contributed by atoms with Crippen LogP contribution in [0.25, 0.3) is 71.5 Å². The van der Waals surface area contributed by atoms with E-state index in [1.807, 2.05) is 0 Å². The number of anilines is 3. The summed E-state index contributed by atoms with van der Waals surface area (Å²) in [5.74, 6) is 0.680. The molecule has 1 aliphatic rings. The largest absolute Gasteiger partial charge is 0.309 e. The summed E-state index contributed by atoms with van der Waals surface area (Å²) in [6.45, 7) is 0. The van der Waals surface area contributed by atoms with Crippen molar-refractivity contribution in [1.82, 2.24) is 14.5 Å². The van der Waals surface area contributed by atoms with Crippen molar-refractivity contribution in [1.29, 1.82) is 0 Å². The van der Waals surface area contributed by atoms with Gasteiger partial charge in [-0.1, -0.05) is 109 Å². The molecule has 44 heavy (non-hydrogen) atoms. The van der Waals surface area contributed by atoms with E-state index in [9.17, 15) is 0 Å². The van der Waals surface area contributed by atoms with E-state index in [4.69, 9.17) is 9.97 Å². The van der Waals surface area contributed by atoms with Crippen molar-refractivity contribution in [2.24, 2.45) is 0 Å². The van der Waals surface area contributed by atoms with E-state index in [1.54, 1.807) is 0 Å². The molecule has 0 bridgehead atoms. The van der Waals surface area contributed by atoms with Crippen molar-refractivity contribution in [2.45, 2.75) is 0 Å². The second-order valence-corrected chi connectivity index (χ2v) is 11.4. The van der Waals surface area contributed by atoms with Crippen molar-refractivity contribution >= 4 is 71.3 Å². The Bertz CT molecular complexity index is 2620. The highest BCUT2D eigenvalue weighted by Crippen LogP contribution is 2.50. The van der Waals surface area contributed by atoms with E-state index in [1.165, 1.54) is 32.3 Å². The van der Waals surface area contributed by atoms with E-state index in [0.29, 0.717) is 5.95 Å². The van der Waals surface area contributed by atoms with Gasteiger partial charge in [-0.15, -0.1) is 0 Å². The zero-order chi connectivity index (χ0) is 28.8. The van der Waals surface area contributed by atoms with Crippen LogP contribution in [-0.4, -0.2) is 14.5 Å². The van der Waals surface area contributed by atoms with Crippen LogP contribution in [0.4, 0.5) is 17.1 Å². The Hall–Kier alpha value is -6.00. The Morgan fingerprint density at radius 1 is 0.432 bits per heavy atom. The lowest BCUT2D eigenvalue weighted by Gasteiger charge is -2.32. The van der Waals surface area contributed by atoms with Crippen LogP contribution in [0, 0.1) is 0 Å². The van der Waals surface area contributed by atoms with Gasteiger partial charge in [0.05, 0.1) is 39.0 Å². The monoisotopic (exact) mass is 560 g/mol. The van der Waals surface area contributed by atoms with Crippen LogP contribution in [0.5, 0.6) is 0 Å². The molecule has 0 N–H and O–H groups in total. The Morgan fingerprint density at radius 3 is 1.91 bits per heavy atom. The van der Waals surface area contributed by atoms with Crippen molar-refractivity contribution in [3.63, 3.8) is 0 Å². The zero-order valence-corrected chi connectivity index (χ0v) is 23.6. The molecule has 2 aromatic heterocycles. The first kappa shape index (κ1) is 23.6. The molecule has 4 heteroatoms. The molecule has 1 aliphatic heterocycles. The van der Waals surface area contributed by atoms with Crippen LogP contribution in [0.3, 0.4) is 0 Å². The second kappa shape index (κ2) is 8.76. The second-order valence-electron chi connectivity index (χ2n) is 11.4. The summed E-state index contributed by atoms with van der Waals surface area (Å²) in [7, 11) is 0. The predicted molar refractivity (Wildman–Crippen MR) is 183 cm³/mol. The summed E-state index contributed by atoms with van der Waals surface area (Å²) < 4.78 is 2.29. The number of para-hydroxylation sites is 3. The van der Waals surface area contributed by atoms with E-state index in [0.717, 1.165) is 50.3 Å². The molecule has 0 unspecified atom stereocenters. The molecular weight excluding hydrogens is 536 g/mol. The summed E-state index contributed by atoms with van der Waals surface area (Å²) in [6.07, 6.45) is 0. The number of nitrogens with zero attached hydrogens (tertiary/aromatic N) is 4. The van der Waals surface area contributed by atoms with Crippen molar-refractivity contribution in [2.75, 3.05) is 4.90 Å². The van der Waals surface area contributed by atoms with E-state index in [-0.39, 0.29) is 0 Å². The fraction of sp³-hybridized carbons (Fsp3) is 0. The molecule has 10 rings (SSSR count). The van der Waals surface area contributed by atoms with Gasteiger partial charge in [-0.05, 0) is 52.6 Å². The first-order valence-electron chi connectivity index (χ1n) is 15.0. The van der Waals surface area contributed by atoms with Gasteiger partial charge in [-0.2, -0.15) is 0 Å². The summed E-state index contributed by atoms with van der Waals surface area (Å²) in [5.41, 5.74) is 8.53. The highest BCUT2D eigenvalue weighted by atomic mass is 15.2. The maximum atomic E-state index is 5.46. The number of hydrogen-bond donors (Lipinski definition) is 0. The van der Waals surface area contributed by atoms with Gasteiger partial charge in [0.15, 0.2) is 0 Å². The fourth-order valence-electron chi connectivity index (χ4n) is 7.32. The lowest BCUT2D eigenvalue weighted by molar-refractivity contribution is 1.01. The smallest absolute Gasteiger partial charge is 0.235 e. The van der Waals surface area contributed by atoms with Crippen molar-refractivity contribution in [3.8, 4) is 17.2 Å². The van der Waals surface area contributed by atoms with Gasteiger partial charge in [0.25, 0.3) is 0 Å². The number of fused-ring (bicyclic) bond motifs is 10. The zero-order valence-electron chi connectivity index (χ0n) is 23.6. The third-order valence-electron chi connectivity index (χ3n) is 9.09. The molecule has 0 atom stereocenters. The summed E-state index contributed by atoms with van der Waals surface area (Å²) >= 11 is 0. The number of rotatable bonds is 2. The minimum absolute atomic E-state index is 0.680. The Morgan fingerprint density at radius 2 is 1.07 bits per heavy atom. The quantitative estimate of drug-likeness (QED) is 0.197. The molecule has 4 nitrogen and oxygen atoms in total. The Labute approximate surface area is 253 Å². The van der Waals surface area contributed by atoms with E-state index in [2.05, 4.69) is 155 Å². The maximum absolute atomic E-state index is 5.46. The lowest BCUT2D eigenvalue weighted by atomic mass is 9.96. The van der Waals surface area contributed by atoms with Gasteiger partial charge in [0.1, 0.15) is 0 Å². The van der Waals surface area contributed by atoms with Crippen molar-refractivity contribution < 1.29 is 0 Å². The third kappa shape index (κ3) is 3.06. The van der Waals surface area contributed by atoms with E-state index >= 15 is 0 Å². The first-order chi connectivity index (χ1) is 21.9. The minimum Gasteiger partial charge on any atom is -0.309 e. The van der Waals surface area contributed by atoms with Crippen molar-refractivity contribution in [3.05, 3.63) is 146 Å². The topological polar surface area (TPSA) is 34.0 Å². The predicted octanol–water partition coefficient (Wildman–Crippen LogP) is 10.5. The van der Waals surface area contributed by atoms with Gasteiger partial charge in [0.2, 0.25) is 5.95 Å². The maximum Gasteiger partial charge on any atom is 0.235 e. The molecule has 0 saturated carbocycles. The van der Waals surface area contributed by atoms with Gasteiger partial charge >= 0.3 is 0 Å². The molecule has 7 aromatic carbocycles. The summed E-state index contributed by atoms with van der Waals surface area (Å²) in [5, 5.41) is 8.42. The van der Waals surface area contributed by atoms with Crippen LogP contribution in [0.15, 0.2) is 146 Å². The molecule has 0 amide bonds. The molecule has 0 spiro atoms. The number of benzene rings is 7. The SMILES string of the molecule is c1ccc(N2c3ccccc3-c3nc(-n4c5ccccc5c5c6ccccc6c6ccccc6c54)nc4cccc2c34)cc1. The minimum atomic E-state index is 0.680. The van der Waals surface area contributed by atoms with Gasteiger partial charge in [0, 0.05) is 27.4 Å². The Balaban J connectivity index is 1.37. The van der Waals surface area contributed by atoms with Crippen LogP contribution < -0.4 is 4.90 Å². The molecule has 3 heterocycles. The standard InChI is InChI=1S/C40H24N4/c1-2-13-25(14-3-1)43-34-23-11-9-20-31(34)38-37-32(21-12-24-35(37)43)41-40(42-38)44-33-22-10-8-19-30(33)36-28-17-6-4-15-26(28)27-16-5-7-18-29(27)39(36)44/h1-24H. The normalized spacial score (nSPS) is 12.5. The highest BCUT2D eigenvalue weighted by Gasteiger charge is 2.29. The number of aromatic nitrogens is 3. The van der Waals surface area contributed by atoms with Crippen LogP contribution >= 0.6 is 0 Å². The fourth-order valence-corrected chi connectivity index (χ4v) is 7.32. The molecule has 0 saturated heterocycles. The molecule has 0 radical (unpaired) electrons. The molecular formula is C40H24N4. The molecule has 9 aromatic rings. The molecule has 0 fully saturated rings. The third-order valence-corrected chi connectivity index (χ3v) is 9.09. The van der Waals surface area contributed by atoms with Crippen LogP contribution in [-0.2, 0) is 0 Å². The lowest BCUT2D eigenvalue weighted by Crippen LogP contribution is -2.16. The average molecular weight is 561 g/mol. The molecule has 204 valence electrons. The van der Waals surface area contributed by atoms with Gasteiger partial charge in [-0.3, -0.25) is 4.57 Å². The van der Waals surface area contributed by atoms with Crippen LogP contribution in [0.1, 0.15) is 0 Å². The average Bonchev–Trinajstić information content (AvgIpc) is 3.45. The van der Waals surface area contributed by atoms with E-state index < -0.39 is 0 Å².